The van der Waals surface area contributed by atoms with E-state index in [0.29, 0.717) is 0 Å². The Morgan fingerprint density at radius 2 is 1.96 bits per heavy atom. The van der Waals surface area contributed by atoms with E-state index in [-0.39, 0.29) is 0 Å². The summed E-state index contributed by atoms with van der Waals surface area (Å²) < 4.78 is 0. The zero-order chi connectivity index (χ0) is 20.6. The second kappa shape index (κ2) is 10.5. The van der Waals surface area contributed by atoms with Gasteiger partial charge in [-0.25, -0.2) is 0 Å². The lowest BCUT2D eigenvalue weighted by atomic mass is 9.99. The molecular formula is C24H30N2S. The van der Waals surface area contributed by atoms with Crippen molar-refractivity contribution in [2.24, 2.45) is 0 Å². The minimum Gasteiger partial charge on any atom is -0.393 e. The van der Waals surface area contributed by atoms with E-state index < -0.39 is 0 Å². The molecular weight excluding hydrogens is 348 g/mol. The predicted molar refractivity (Wildman–Crippen MR) is 123 cm³/mol. The molecule has 1 rings (SSSR count). The van der Waals surface area contributed by atoms with Crippen molar-refractivity contribution >= 4 is 17.3 Å². The quantitative estimate of drug-likeness (QED) is 0.441. The van der Waals surface area contributed by atoms with Gasteiger partial charge in [0.05, 0.1) is 5.57 Å². The van der Waals surface area contributed by atoms with E-state index in [0.717, 1.165) is 32.2 Å². The number of benzene rings is 1. The molecule has 2 nitrogen and oxygen atoms in total. The fraction of sp³-hybridized carbons (Fsp3) is 0.250. The van der Waals surface area contributed by atoms with Crippen LogP contribution in [0.15, 0.2) is 70.9 Å². The minimum absolute atomic E-state index is 0.788. The van der Waals surface area contributed by atoms with Gasteiger partial charge in [0.1, 0.15) is 0 Å². The molecule has 0 amide bonds. The highest BCUT2D eigenvalue weighted by Crippen LogP contribution is 2.39. The van der Waals surface area contributed by atoms with E-state index in [1.807, 2.05) is 51.3 Å². The van der Waals surface area contributed by atoms with E-state index in [9.17, 15) is 0 Å². The van der Waals surface area contributed by atoms with Crippen LogP contribution in [-0.2, 0) is 0 Å². The molecule has 3 heteroatoms. The number of nitrogens with one attached hydrogen (secondary N) is 1. The Kier molecular flexibility index (Phi) is 8.78. The minimum atomic E-state index is 0.788. The average molecular weight is 379 g/mol. The molecule has 0 aliphatic rings. The fourth-order valence-electron chi connectivity index (χ4n) is 2.59. The molecule has 0 aliphatic carbocycles. The Morgan fingerprint density at radius 1 is 1.30 bits per heavy atom. The number of hydrogen-bond donors (Lipinski definition) is 1. The van der Waals surface area contributed by atoms with Crippen LogP contribution in [0.4, 0.5) is 0 Å². The molecule has 0 unspecified atom stereocenters. The van der Waals surface area contributed by atoms with Crippen molar-refractivity contribution in [3.63, 3.8) is 0 Å². The molecule has 0 spiro atoms. The fourth-order valence-corrected chi connectivity index (χ4v) is 3.57. The maximum atomic E-state index is 5.80. The Labute approximate surface area is 169 Å². The van der Waals surface area contributed by atoms with Gasteiger partial charge < -0.3 is 10.2 Å². The first-order chi connectivity index (χ1) is 12.8. The molecule has 1 aromatic carbocycles. The van der Waals surface area contributed by atoms with Crippen LogP contribution < -0.4 is 5.32 Å². The standard InChI is InChI=1S/C24H30N2S/c1-10-14-26(9)20(6)22(11-2)21(7)27-24(16-25-8)19(5)23-15-17(3)12-13-18(23)4/h2,10,12-16,25H,5,7H2,1,3-4,6,8-9H3/b14-10-,22-20+,24-16+. The molecule has 0 bridgehead atoms. The van der Waals surface area contributed by atoms with Crippen molar-refractivity contribution in [2.45, 2.75) is 27.7 Å². The van der Waals surface area contributed by atoms with Crippen molar-refractivity contribution in [3.8, 4) is 12.3 Å². The Bertz CT molecular complexity index is 848. The summed E-state index contributed by atoms with van der Waals surface area (Å²) in [7, 11) is 3.85. The maximum absolute atomic E-state index is 5.80. The molecule has 0 saturated carbocycles. The molecule has 0 aliphatic heterocycles. The first kappa shape index (κ1) is 22.5. The van der Waals surface area contributed by atoms with Crippen molar-refractivity contribution in [1.29, 1.82) is 0 Å². The molecule has 0 saturated heterocycles. The predicted octanol–water partition coefficient (Wildman–Crippen LogP) is 6.00. The monoisotopic (exact) mass is 378 g/mol. The van der Waals surface area contributed by atoms with Crippen LogP contribution in [0.3, 0.4) is 0 Å². The lowest BCUT2D eigenvalue weighted by molar-refractivity contribution is 0.566. The van der Waals surface area contributed by atoms with Crippen LogP contribution in [0.25, 0.3) is 5.57 Å². The van der Waals surface area contributed by atoms with Crippen molar-refractivity contribution in [2.75, 3.05) is 14.1 Å². The lowest BCUT2D eigenvalue weighted by Gasteiger charge is -2.20. The van der Waals surface area contributed by atoms with Gasteiger partial charge in [-0.15, -0.1) is 6.42 Å². The summed E-state index contributed by atoms with van der Waals surface area (Å²) in [6, 6.07) is 6.39. The van der Waals surface area contributed by atoms with Gasteiger partial charge in [0.15, 0.2) is 0 Å². The molecule has 1 N–H and O–H groups in total. The van der Waals surface area contributed by atoms with Crippen LogP contribution in [0.1, 0.15) is 30.5 Å². The number of allylic oxidation sites excluding steroid dienone is 4. The number of rotatable bonds is 8. The highest BCUT2D eigenvalue weighted by molar-refractivity contribution is 8.07. The summed E-state index contributed by atoms with van der Waals surface area (Å²) in [5.74, 6) is 2.79. The number of aryl methyl sites for hydroxylation is 2. The van der Waals surface area contributed by atoms with Gasteiger partial charge in [-0.1, -0.05) is 60.7 Å². The number of nitrogens with zero attached hydrogens (tertiary/aromatic N) is 1. The van der Waals surface area contributed by atoms with E-state index in [1.165, 1.54) is 22.9 Å². The van der Waals surface area contributed by atoms with Gasteiger partial charge in [-0.05, 0) is 50.6 Å². The number of hydrogen-bond acceptors (Lipinski definition) is 3. The summed E-state index contributed by atoms with van der Waals surface area (Å²) >= 11 is 1.54. The van der Waals surface area contributed by atoms with Crippen LogP contribution in [-0.4, -0.2) is 19.0 Å². The summed E-state index contributed by atoms with van der Waals surface area (Å²) in [6.45, 7) is 16.7. The zero-order valence-electron chi connectivity index (χ0n) is 17.3. The Balaban J connectivity index is 3.24. The lowest BCUT2D eigenvalue weighted by Crippen LogP contribution is -2.10. The number of thioether (sulfide) groups is 1. The van der Waals surface area contributed by atoms with Crippen molar-refractivity contribution in [1.82, 2.24) is 10.2 Å². The third-order valence-electron chi connectivity index (χ3n) is 4.21. The molecule has 0 aromatic heterocycles. The van der Waals surface area contributed by atoms with Crippen LogP contribution in [0.2, 0.25) is 0 Å². The van der Waals surface area contributed by atoms with Crippen molar-refractivity contribution < 1.29 is 0 Å². The van der Waals surface area contributed by atoms with Crippen LogP contribution >= 0.6 is 11.8 Å². The summed E-state index contributed by atoms with van der Waals surface area (Å²) in [4.78, 5) is 3.81. The molecule has 0 radical (unpaired) electrons. The maximum Gasteiger partial charge on any atom is 0.0567 e. The highest BCUT2D eigenvalue weighted by Gasteiger charge is 2.15. The second-order valence-corrected chi connectivity index (χ2v) is 7.45. The van der Waals surface area contributed by atoms with Crippen molar-refractivity contribution in [3.05, 3.63) is 87.6 Å². The third kappa shape index (κ3) is 5.98. The zero-order valence-corrected chi connectivity index (χ0v) is 18.1. The summed E-state index contributed by atoms with van der Waals surface area (Å²) in [6.07, 6.45) is 11.7. The molecule has 1 aromatic rings. The molecule has 0 fully saturated rings. The van der Waals surface area contributed by atoms with Gasteiger partial charge in [0.25, 0.3) is 0 Å². The Hall–Kier alpha value is -2.57. The molecule has 142 valence electrons. The average Bonchev–Trinajstić information content (AvgIpc) is 2.63. The Morgan fingerprint density at radius 3 is 2.52 bits per heavy atom. The van der Waals surface area contributed by atoms with E-state index in [2.05, 4.69) is 56.4 Å². The topological polar surface area (TPSA) is 15.3 Å². The summed E-state index contributed by atoms with van der Waals surface area (Å²) in [5, 5.41) is 3.11. The highest BCUT2D eigenvalue weighted by atomic mass is 32.2. The molecule has 0 atom stereocenters. The van der Waals surface area contributed by atoms with Gasteiger partial charge >= 0.3 is 0 Å². The van der Waals surface area contributed by atoms with E-state index in [1.54, 1.807) is 0 Å². The van der Waals surface area contributed by atoms with Gasteiger partial charge in [-0.3, -0.25) is 0 Å². The van der Waals surface area contributed by atoms with Crippen LogP contribution in [0, 0.1) is 26.2 Å². The normalized spacial score (nSPS) is 12.4. The first-order valence-corrected chi connectivity index (χ1v) is 9.63. The van der Waals surface area contributed by atoms with Crippen LogP contribution in [0.5, 0.6) is 0 Å². The van der Waals surface area contributed by atoms with Gasteiger partial charge in [0, 0.05) is 35.8 Å². The van der Waals surface area contributed by atoms with E-state index >= 15 is 0 Å². The second-order valence-electron chi connectivity index (χ2n) is 6.32. The van der Waals surface area contributed by atoms with E-state index in [4.69, 9.17) is 6.42 Å². The molecule has 0 heterocycles. The summed E-state index contributed by atoms with van der Waals surface area (Å²) in [5.41, 5.74) is 6.25. The first-order valence-electron chi connectivity index (χ1n) is 8.81. The SMILES string of the molecule is C#C/C(C(=C)S/C(=C/NC)C(=C)c1cc(C)ccc1C)=C(/C)N(C)/C=C\C. The number of terminal acetylenes is 1. The molecule has 27 heavy (non-hydrogen) atoms. The third-order valence-corrected chi connectivity index (χ3v) is 5.25. The van der Waals surface area contributed by atoms with Gasteiger partial charge in [-0.2, -0.15) is 0 Å². The van der Waals surface area contributed by atoms with Gasteiger partial charge in [0.2, 0.25) is 0 Å². The largest absolute Gasteiger partial charge is 0.393 e. The smallest absolute Gasteiger partial charge is 0.0567 e.